The van der Waals surface area contributed by atoms with E-state index in [1.54, 1.807) is 17.2 Å². The lowest BCUT2D eigenvalue weighted by atomic mass is 10.2. The van der Waals surface area contributed by atoms with Crippen LogP contribution in [-0.4, -0.2) is 35.8 Å². The molecule has 0 saturated carbocycles. The molecule has 1 aromatic heterocycles. The average molecular weight is 252 g/mol. The fraction of sp³-hybridized carbons (Fsp3) is 0.364. The number of anilines is 1. The van der Waals surface area contributed by atoms with E-state index in [4.69, 9.17) is 0 Å². The van der Waals surface area contributed by atoms with Crippen LogP contribution in [0.3, 0.4) is 0 Å². The number of esters is 1. The molecule has 2 heterocycles. The predicted molar refractivity (Wildman–Crippen MR) is 65.3 cm³/mol. The van der Waals surface area contributed by atoms with Gasteiger partial charge in [-0.25, -0.2) is 4.79 Å². The Kier molecular flexibility index (Phi) is 3.33. The highest BCUT2D eigenvalue weighted by atomic mass is 32.1. The molecule has 0 radical (unpaired) electrons. The van der Waals surface area contributed by atoms with Crippen LogP contribution in [-0.2, 0) is 9.53 Å². The zero-order valence-electron chi connectivity index (χ0n) is 9.29. The van der Waals surface area contributed by atoms with Crippen molar-refractivity contribution in [3.63, 3.8) is 0 Å². The average Bonchev–Trinajstić information content (AvgIpc) is 2.67. The lowest BCUT2D eigenvalue weighted by molar-refractivity contribution is -0.117. The van der Waals surface area contributed by atoms with E-state index in [0.29, 0.717) is 24.2 Å². The molecular weight excluding hydrogens is 240 g/mol. The smallest absolute Gasteiger partial charge is 0.339 e. The third-order valence-corrected chi connectivity index (χ3v) is 2.91. The van der Waals surface area contributed by atoms with Crippen molar-refractivity contribution in [1.82, 2.24) is 4.98 Å². The molecule has 1 saturated heterocycles. The van der Waals surface area contributed by atoms with Gasteiger partial charge in [0.2, 0.25) is 5.91 Å². The SMILES string of the molecule is COC(=O)c1cncc(N2CC(S)CC2=O)c1. The number of rotatable bonds is 2. The van der Waals surface area contributed by atoms with Crippen LogP contribution in [0.15, 0.2) is 18.5 Å². The molecule has 2 rings (SSSR count). The largest absolute Gasteiger partial charge is 0.465 e. The predicted octanol–water partition coefficient (Wildman–Crippen LogP) is 0.903. The molecule has 1 aliphatic rings. The Hall–Kier alpha value is -1.56. The fourth-order valence-electron chi connectivity index (χ4n) is 1.74. The van der Waals surface area contributed by atoms with E-state index in [2.05, 4.69) is 22.3 Å². The lowest BCUT2D eigenvalue weighted by Gasteiger charge is -2.15. The summed E-state index contributed by atoms with van der Waals surface area (Å²) in [5, 5.41) is 0.0317. The Labute approximate surface area is 104 Å². The van der Waals surface area contributed by atoms with Crippen molar-refractivity contribution in [2.45, 2.75) is 11.7 Å². The molecule has 0 spiro atoms. The van der Waals surface area contributed by atoms with Gasteiger partial charge in [-0.3, -0.25) is 9.78 Å². The molecule has 0 aromatic carbocycles. The monoisotopic (exact) mass is 252 g/mol. The van der Waals surface area contributed by atoms with Gasteiger partial charge in [-0.05, 0) is 6.07 Å². The summed E-state index contributed by atoms with van der Waals surface area (Å²) in [7, 11) is 1.31. The van der Waals surface area contributed by atoms with Crippen LogP contribution in [0.4, 0.5) is 5.69 Å². The van der Waals surface area contributed by atoms with Crippen molar-refractivity contribution in [3.05, 3.63) is 24.0 Å². The third kappa shape index (κ3) is 2.41. The Morgan fingerprint density at radius 3 is 2.94 bits per heavy atom. The number of methoxy groups -OCH3 is 1. The number of nitrogens with zero attached hydrogens (tertiary/aromatic N) is 2. The van der Waals surface area contributed by atoms with Gasteiger partial charge in [-0.1, -0.05) is 0 Å². The molecule has 17 heavy (non-hydrogen) atoms. The number of amides is 1. The standard InChI is InChI=1S/C11H12N2O3S/c1-16-11(15)7-2-8(5-12-4-7)13-6-9(17)3-10(13)14/h2,4-5,9,17H,3,6H2,1H3. The number of pyridine rings is 1. The van der Waals surface area contributed by atoms with Crippen molar-refractivity contribution in [1.29, 1.82) is 0 Å². The number of thiol groups is 1. The third-order valence-electron chi connectivity index (χ3n) is 2.56. The van der Waals surface area contributed by atoms with E-state index >= 15 is 0 Å². The second kappa shape index (κ2) is 4.75. The molecule has 1 atom stereocenters. The normalized spacial score (nSPS) is 19.5. The molecule has 90 valence electrons. The minimum Gasteiger partial charge on any atom is -0.465 e. The number of carbonyl (C=O) groups excluding carboxylic acids is 2. The van der Waals surface area contributed by atoms with Crippen molar-refractivity contribution >= 4 is 30.2 Å². The van der Waals surface area contributed by atoms with E-state index in [9.17, 15) is 9.59 Å². The topological polar surface area (TPSA) is 59.5 Å². The summed E-state index contributed by atoms with van der Waals surface area (Å²) in [5.41, 5.74) is 0.940. The van der Waals surface area contributed by atoms with Crippen LogP contribution < -0.4 is 4.90 Å². The Morgan fingerprint density at radius 1 is 1.59 bits per heavy atom. The van der Waals surface area contributed by atoms with Gasteiger partial charge in [-0.2, -0.15) is 12.6 Å². The number of carbonyl (C=O) groups is 2. The van der Waals surface area contributed by atoms with Gasteiger partial charge in [0.15, 0.2) is 0 Å². The molecule has 0 N–H and O–H groups in total. The maximum absolute atomic E-state index is 11.7. The van der Waals surface area contributed by atoms with Gasteiger partial charge >= 0.3 is 5.97 Å². The van der Waals surface area contributed by atoms with Gasteiger partial charge < -0.3 is 9.64 Å². The quantitative estimate of drug-likeness (QED) is 0.627. The van der Waals surface area contributed by atoms with Gasteiger partial charge in [0, 0.05) is 24.4 Å². The first-order chi connectivity index (χ1) is 8.11. The Balaban J connectivity index is 2.27. The van der Waals surface area contributed by atoms with Crippen molar-refractivity contribution in [3.8, 4) is 0 Å². The van der Waals surface area contributed by atoms with E-state index < -0.39 is 5.97 Å². The summed E-state index contributed by atoms with van der Waals surface area (Å²) in [6.45, 7) is 0.536. The van der Waals surface area contributed by atoms with Crippen LogP contribution in [0.2, 0.25) is 0 Å². The summed E-state index contributed by atoms with van der Waals surface area (Å²) in [4.78, 5) is 28.5. The number of aromatic nitrogens is 1. The Morgan fingerprint density at radius 2 is 2.35 bits per heavy atom. The van der Waals surface area contributed by atoms with Crippen LogP contribution >= 0.6 is 12.6 Å². The van der Waals surface area contributed by atoms with Gasteiger partial charge in [-0.15, -0.1) is 0 Å². The molecule has 1 fully saturated rings. The van der Waals surface area contributed by atoms with Crippen LogP contribution in [0.1, 0.15) is 16.8 Å². The summed E-state index contributed by atoms with van der Waals surface area (Å²) >= 11 is 4.27. The van der Waals surface area contributed by atoms with E-state index in [1.807, 2.05) is 0 Å². The highest BCUT2D eigenvalue weighted by molar-refractivity contribution is 7.81. The molecule has 6 heteroatoms. The minimum absolute atomic E-state index is 0.00573. The zero-order valence-corrected chi connectivity index (χ0v) is 10.2. The van der Waals surface area contributed by atoms with Gasteiger partial charge in [0.05, 0.1) is 24.6 Å². The molecule has 0 bridgehead atoms. The maximum Gasteiger partial charge on any atom is 0.339 e. The molecule has 1 amide bonds. The van der Waals surface area contributed by atoms with Crippen molar-refractivity contribution < 1.29 is 14.3 Å². The second-order valence-electron chi connectivity index (χ2n) is 3.79. The van der Waals surface area contributed by atoms with Crippen LogP contribution in [0, 0.1) is 0 Å². The summed E-state index contributed by atoms with van der Waals surface area (Å²) in [5.74, 6) is -0.470. The van der Waals surface area contributed by atoms with Crippen molar-refractivity contribution in [2.24, 2.45) is 0 Å². The number of ether oxygens (including phenoxy) is 1. The second-order valence-corrected chi connectivity index (χ2v) is 4.52. The van der Waals surface area contributed by atoms with E-state index in [1.165, 1.54) is 13.3 Å². The summed E-state index contributed by atoms with van der Waals surface area (Å²) < 4.78 is 4.60. The summed E-state index contributed by atoms with van der Waals surface area (Å²) in [6, 6.07) is 1.60. The first-order valence-electron chi connectivity index (χ1n) is 5.13. The fourth-order valence-corrected chi connectivity index (χ4v) is 2.06. The van der Waals surface area contributed by atoms with E-state index in [-0.39, 0.29) is 11.2 Å². The van der Waals surface area contributed by atoms with Gasteiger partial charge in [0.1, 0.15) is 0 Å². The zero-order chi connectivity index (χ0) is 12.4. The van der Waals surface area contributed by atoms with E-state index in [0.717, 1.165) is 0 Å². The summed E-state index contributed by atoms with van der Waals surface area (Å²) in [6.07, 6.45) is 3.37. The molecule has 5 nitrogen and oxygen atoms in total. The maximum atomic E-state index is 11.7. The molecular formula is C11H12N2O3S. The number of hydrogen-bond donors (Lipinski definition) is 1. The van der Waals surface area contributed by atoms with Crippen LogP contribution in [0.25, 0.3) is 0 Å². The van der Waals surface area contributed by atoms with Gasteiger partial charge in [0.25, 0.3) is 0 Å². The lowest BCUT2D eigenvalue weighted by Crippen LogP contribution is -2.25. The molecule has 1 unspecified atom stereocenters. The highest BCUT2D eigenvalue weighted by Gasteiger charge is 2.28. The molecule has 1 aliphatic heterocycles. The Bertz CT molecular complexity index is 464. The minimum atomic E-state index is -0.464. The molecule has 0 aliphatic carbocycles. The molecule has 1 aromatic rings. The highest BCUT2D eigenvalue weighted by Crippen LogP contribution is 2.24. The first-order valence-corrected chi connectivity index (χ1v) is 5.65. The van der Waals surface area contributed by atoms with Crippen LogP contribution in [0.5, 0.6) is 0 Å². The first kappa shape index (κ1) is 11.9. The van der Waals surface area contributed by atoms with Crippen molar-refractivity contribution in [2.75, 3.05) is 18.6 Å². The number of hydrogen-bond acceptors (Lipinski definition) is 5.